The molecule has 0 amide bonds. The van der Waals surface area contributed by atoms with Crippen LogP contribution in [0.4, 0.5) is 13.2 Å². The number of aliphatic imine (C=N–C) groups is 1. The van der Waals surface area contributed by atoms with E-state index in [4.69, 9.17) is 4.74 Å². The molecule has 3 aromatic carbocycles. The summed E-state index contributed by atoms with van der Waals surface area (Å²) in [6.45, 7) is 1.82. The second kappa shape index (κ2) is 6.99. The molecule has 0 radical (unpaired) electrons. The monoisotopic (exact) mass is 484 g/mol. The number of rotatable bonds is 2. The molecule has 5 rings (SSSR count). The molecule has 0 N–H and O–H groups in total. The zero-order chi connectivity index (χ0) is 21.8. The molecular formula is C24H16BrF3N2O. The van der Waals surface area contributed by atoms with Crippen molar-refractivity contribution in [1.29, 1.82) is 0 Å². The van der Waals surface area contributed by atoms with E-state index in [1.54, 1.807) is 16.7 Å². The average Bonchev–Trinajstić information content (AvgIpc) is 3.06. The molecule has 0 saturated heterocycles. The first kappa shape index (κ1) is 19.9. The Hall–Kier alpha value is -3.06. The summed E-state index contributed by atoms with van der Waals surface area (Å²) in [5.74, 6) is 0.104. The van der Waals surface area contributed by atoms with Crippen molar-refractivity contribution in [3.8, 4) is 17.0 Å². The first-order chi connectivity index (χ1) is 14.8. The normalized spacial score (nSPS) is 18.1. The Morgan fingerprint density at radius 2 is 1.68 bits per heavy atom. The maximum Gasteiger partial charge on any atom is 0.455 e. The second-order valence-corrected chi connectivity index (χ2v) is 8.35. The minimum Gasteiger partial charge on any atom is -0.436 e. The minimum atomic E-state index is -4.77. The van der Waals surface area contributed by atoms with Gasteiger partial charge in [-0.05, 0) is 24.6 Å². The maximum absolute atomic E-state index is 14.5. The molecule has 3 nitrogen and oxygen atoms in total. The number of aromatic nitrogens is 1. The zero-order valence-corrected chi connectivity index (χ0v) is 17.9. The molecule has 0 spiro atoms. The van der Waals surface area contributed by atoms with Gasteiger partial charge in [0.2, 0.25) is 5.88 Å². The van der Waals surface area contributed by atoms with Crippen molar-refractivity contribution in [3.63, 3.8) is 0 Å². The number of hydrogen-bond acceptors (Lipinski definition) is 2. The van der Waals surface area contributed by atoms with Gasteiger partial charge in [-0.2, -0.15) is 13.2 Å². The Morgan fingerprint density at radius 3 is 2.35 bits per heavy atom. The van der Waals surface area contributed by atoms with Crippen molar-refractivity contribution in [2.75, 3.05) is 0 Å². The first-order valence-electron chi connectivity index (χ1n) is 9.57. The molecule has 156 valence electrons. The molecule has 31 heavy (non-hydrogen) atoms. The van der Waals surface area contributed by atoms with E-state index in [1.165, 1.54) is 18.5 Å². The SMILES string of the molecule is Cc1ccc(C2(C(F)(F)F)N=Cn3c(c(-c4ccccc4)c4ccc(Br)cc43)O2)cc1. The van der Waals surface area contributed by atoms with Crippen LogP contribution in [-0.4, -0.2) is 17.1 Å². The second-order valence-electron chi connectivity index (χ2n) is 7.43. The van der Waals surface area contributed by atoms with Gasteiger partial charge in [-0.1, -0.05) is 82.2 Å². The van der Waals surface area contributed by atoms with E-state index in [0.717, 1.165) is 21.0 Å². The highest BCUT2D eigenvalue weighted by Gasteiger charge is 2.61. The lowest BCUT2D eigenvalue weighted by Crippen LogP contribution is -2.48. The van der Waals surface area contributed by atoms with Gasteiger partial charge < -0.3 is 4.74 Å². The van der Waals surface area contributed by atoms with Crippen LogP contribution < -0.4 is 4.74 Å². The predicted molar refractivity (Wildman–Crippen MR) is 119 cm³/mol. The lowest BCUT2D eigenvalue weighted by molar-refractivity contribution is -0.253. The van der Waals surface area contributed by atoms with Crippen LogP contribution in [0, 0.1) is 6.92 Å². The first-order valence-corrected chi connectivity index (χ1v) is 10.4. The maximum atomic E-state index is 14.5. The molecule has 4 aromatic rings. The fourth-order valence-corrected chi connectivity index (χ4v) is 4.22. The highest BCUT2D eigenvalue weighted by molar-refractivity contribution is 9.10. The van der Waals surface area contributed by atoms with E-state index >= 15 is 0 Å². The van der Waals surface area contributed by atoms with Crippen LogP contribution in [0.1, 0.15) is 11.1 Å². The highest BCUT2D eigenvalue weighted by Crippen LogP contribution is 2.50. The van der Waals surface area contributed by atoms with Gasteiger partial charge in [-0.25, -0.2) is 4.99 Å². The third kappa shape index (κ3) is 3.07. The number of halogens is 4. The molecule has 1 unspecified atom stereocenters. The van der Waals surface area contributed by atoms with E-state index in [-0.39, 0.29) is 11.4 Å². The Bertz CT molecular complexity index is 1310. The Labute approximate surface area is 184 Å². The van der Waals surface area contributed by atoms with Crippen molar-refractivity contribution >= 4 is 33.2 Å². The fourth-order valence-electron chi connectivity index (χ4n) is 3.87. The molecule has 2 heterocycles. The summed E-state index contributed by atoms with van der Waals surface area (Å²) in [7, 11) is 0. The van der Waals surface area contributed by atoms with E-state index in [1.807, 2.05) is 55.5 Å². The number of alkyl halides is 3. The minimum absolute atomic E-state index is 0.0708. The third-order valence-corrected chi connectivity index (χ3v) is 5.90. The summed E-state index contributed by atoms with van der Waals surface area (Å²) in [5.41, 5.74) is 0.00936. The molecule has 1 aromatic heterocycles. The fraction of sp³-hybridized carbons (Fsp3) is 0.125. The summed E-state index contributed by atoms with van der Waals surface area (Å²) in [5, 5.41) is 0.776. The van der Waals surface area contributed by atoms with E-state index in [9.17, 15) is 13.2 Å². The van der Waals surface area contributed by atoms with Gasteiger partial charge >= 0.3 is 11.9 Å². The molecule has 1 aliphatic rings. The van der Waals surface area contributed by atoms with Crippen LogP contribution >= 0.6 is 15.9 Å². The van der Waals surface area contributed by atoms with E-state index < -0.39 is 11.9 Å². The third-order valence-electron chi connectivity index (χ3n) is 5.41. The predicted octanol–water partition coefficient (Wildman–Crippen LogP) is 7.06. The standard InChI is InChI=1S/C24H16BrF3N2O/c1-15-7-9-17(10-8-15)23(24(26,27)28)29-14-30-20-13-18(25)11-12-19(20)21(22(30)31-23)16-5-3-2-4-6-16/h2-14H,1H3. The Kier molecular flexibility index (Phi) is 4.48. The van der Waals surface area contributed by atoms with Gasteiger partial charge in [-0.15, -0.1) is 0 Å². The largest absolute Gasteiger partial charge is 0.455 e. The van der Waals surface area contributed by atoms with Gasteiger partial charge in [0, 0.05) is 15.4 Å². The van der Waals surface area contributed by atoms with Crippen molar-refractivity contribution < 1.29 is 17.9 Å². The Morgan fingerprint density at radius 1 is 0.968 bits per heavy atom. The van der Waals surface area contributed by atoms with Crippen LogP contribution in [0.2, 0.25) is 0 Å². The summed E-state index contributed by atoms with van der Waals surface area (Å²) in [4.78, 5) is 3.94. The van der Waals surface area contributed by atoms with Crippen molar-refractivity contribution in [2.45, 2.75) is 18.8 Å². The highest BCUT2D eigenvalue weighted by atomic mass is 79.9. The molecule has 1 atom stereocenters. The lowest BCUT2D eigenvalue weighted by atomic mass is 10.00. The number of nitrogens with zero attached hydrogens (tertiary/aromatic N) is 2. The quantitative estimate of drug-likeness (QED) is 0.299. The number of aryl methyl sites for hydroxylation is 1. The number of hydrogen-bond donors (Lipinski definition) is 0. The van der Waals surface area contributed by atoms with Crippen LogP contribution in [0.25, 0.3) is 22.0 Å². The molecule has 0 fully saturated rings. The molecular weight excluding hydrogens is 469 g/mol. The molecule has 0 aliphatic carbocycles. The smallest absolute Gasteiger partial charge is 0.436 e. The summed E-state index contributed by atoms with van der Waals surface area (Å²) >= 11 is 3.44. The van der Waals surface area contributed by atoms with Gasteiger partial charge in [-0.3, -0.25) is 4.57 Å². The number of benzene rings is 3. The number of fused-ring (bicyclic) bond motifs is 3. The number of ether oxygens (including phenoxy) is 1. The summed E-state index contributed by atoms with van der Waals surface area (Å²) in [6.07, 6.45) is -3.55. The van der Waals surface area contributed by atoms with Crippen LogP contribution in [0.5, 0.6) is 5.88 Å². The van der Waals surface area contributed by atoms with Gasteiger partial charge in [0.25, 0.3) is 0 Å². The van der Waals surface area contributed by atoms with Crippen LogP contribution in [0.15, 0.2) is 82.3 Å². The van der Waals surface area contributed by atoms with Crippen LogP contribution in [0.3, 0.4) is 0 Å². The summed E-state index contributed by atoms with van der Waals surface area (Å²) < 4.78 is 51.6. The van der Waals surface area contributed by atoms with E-state index in [2.05, 4.69) is 20.9 Å². The van der Waals surface area contributed by atoms with Gasteiger partial charge in [0.05, 0.1) is 11.1 Å². The molecule has 7 heteroatoms. The lowest BCUT2D eigenvalue weighted by Gasteiger charge is -2.35. The topological polar surface area (TPSA) is 26.5 Å². The van der Waals surface area contributed by atoms with Crippen molar-refractivity contribution in [1.82, 2.24) is 4.57 Å². The zero-order valence-electron chi connectivity index (χ0n) is 16.3. The molecule has 0 saturated carbocycles. The molecule has 0 bridgehead atoms. The molecule has 1 aliphatic heterocycles. The van der Waals surface area contributed by atoms with Gasteiger partial charge in [0.1, 0.15) is 6.34 Å². The Balaban J connectivity index is 1.81. The van der Waals surface area contributed by atoms with E-state index in [0.29, 0.717) is 11.1 Å². The van der Waals surface area contributed by atoms with Gasteiger partial charge in [0.15, 0.2) is 0 Å². The summed E-state index contributed by atoms with van der Waals surface area (Å²) in [6, 6.07) is 20.9. The average molecular weight is 485 g/mol. The van der Waals surface area contributed by atoms with Crippen molar-refractivity contribution in [2.24, 2.45) is 4.99 Å². The van der Waals surface area contributed by atoms with Crippen LogP contribution in [-0.2, 0) is 5.72 Å². The van der Waals surface area contributed by atoms with Crippen molar-refractivity contribution in [3.05, 3.63) is 88.4 Å².